The van der Waals surface area contributed by atoms with Crippen LogP contribution in [-0.4, -0.2) is 35.9 Å². The smallest absolute Gasteiger partial charge is 0.311 e. The Bertz CT molecular complexity index is 528. The Hall–Kier alpha value is -1.44. The molecule has 0 amide bonds. The van der Waals surface area contributed by atoms with Crippen LogP contribution >= 0.6 is 0 Å². The molecule has 16 heavy (non-hydrogen) atoms. The van der Waals surface area contributed by atoms with E-state index in [4.69, 9.17) is 9.63 Å². The van der Waals surface area contributed by atoms with Gasteiger partial charge in [0.15, 0.2) is 20.4 Å². The summed E-state index contributed by atoms with van der Waals surface area (Å²) in [6.07, 6.45) is 1.63. The summed E-state index contributed by atoms with van der Waals surface area (Å²) >= 11 is 0. The summed E-state index contributed by atoms with van der Waals surface area (Å²) in [7, 11) is -3.30. The molecule has 8 heteroatoms. The fourth-order valence-electron chi connectivity index (χ4n) is 1.50. The molecule has 7 nitrogen and oxygen atoms in total. The zero-order valence-electron chi connectivity index (χ0n) is 8.50. The van der Waals surface area contributed by atoms with Crippen molar-refractivity contribution in [3.8, 4) is 0 Å². The van der Waals surface area contributed by atoms with Crippen molar-refractivity contribution in [1.29, 1.82) is 0 Å². The normalized spacial score (nSPS) is 18.3. The Morgan fingerprint density at radius 1 is 1.56 bits per heavy atom. The van der Waals surface area contributed by atoms with Gasteiger partial charge in [-0.05, 0) is 12.8 Å². The first-order chi connectivity index (χ1) is 7.35. The van der Waals surface area contributed by atoms with Crippen LogP contribution in [0, 0.1) is 0 Å². The Kier molecular flexibility index (Phi) is 2.26. The Morgan fingerprint density at radius 2 is 2.19 bits per heavy atom. The number of aromatic nitrogens is 2. The molecule has 1 N–H and O–H groups in total. The number of nitrogens with zero attached hydrogens (tertiary/aromatic N) is 2. The summed E-state index contributed by atoms with van der Waals surface area (Å²) in [6.45, 7) is 0. The predicted octanol–water partition coefficient (Wildman–Crippen LogP) is -0.270. The third-order valence-electron chi connectivity index (χ3n) is 2.58. The standard InChI is InChI=1S/C8H10N2O5S/c1-16(13,14)8(2-3-8)7-9-5(10-15-7)4-6(11)12/h2-4H2,1H3,(H,11,12). The van der Waals surface area contributed by atoms with Crippen molar-refractivity contribution in [2.75, 3.05) is 6.26 Å². The molecule has 0 bridgehead atoms. The van der Waals surface area contributed by atoms with Crippen LogP contribution in [0.25, 0.3) is 0 Å². The number of hydrogen-bond donors (Lipinski definition) is 1. The molecule has 0 aromatic carbocycles. The van der Waals surface area contributed by atoms with Crippen LogP contribution in [0.4, 0.5) is 0 Å². The first-order valence-corrected chi connectivity index (χ1v) is 6.49. The van der Waals surface area contributed by atoms with Crippen LogP contribution in [0.15, 0.2) is 4.52 Å². The maximum atomic E-state index is 11.5. The zero-order valence-corrected chi connectivity index (χ0v) is 9.32. The number of carbonyl (C=O) groups is 1. The van der Waals surface area contributed by atoms with Gasteiger partial charge in [0.1, 0.15) is 6.42 Å². The number of aliphatic carboxylic acids is 1. The van der Waals surface area contributed by atoms with Gasteiger partial charge in [-0.15, -0.1) is 0 Å². The zero-order chi connectivity index (χ0) is 12.0. The van der Waals surface area contributed by atoms with Gasteiger partial charge in [0.2, 0.25) is 5.89 Å². The predicted molar refractivity (Wildman–Crippen MR) is 51.4 cm³/mol. The molecule has 0 aliphatic heterocycles. The largest absolute Gasteiger partial charge is 0.481 e. The Balaban J connectivity index is 2.30. The lowest BCUT2D eigenvalue weighted by molar-refractivity contribution is -0.136. The van der Waals surface area contributed by atoms with Crippen molar-refractivity contribution in [1.82, 2.24) is 10.1 Å². The van der Waals surface area contributed by atoms with Crippen molar-refractivity contribution in [2.24, 2.45) is 0 Å². The molecule has 1 aliphatic carbocycles. The highest BCUT2D eigenvalue weighted by Crippen LogP contribution is 2.51. The van der Waals surface area contributed by atoms with Gasteiger partial charge in [-0.3, -0.25) is 4.79 Å². The van der Waals surface area contributed by atoms with E-state index in [9.17, 15) is 13.2 Å². The van der Waals surface area contributed by atoms with Crippen LogP contribution in [0.1, 0.15) is 24.6 Å². The van der Waals surface area contributed by atoms with Crippen molar-refractivity contribution >= 4 is 15.8 Å². The quantitative estimate of drug-likeness (QED) is 0.778. The molecule has 0 spiro atoms. The molecule has 0 unspecified atom stereocenters. The van der Waals surface area contributed by atoms with Crippen molar-refractivity contribution in [3.05, 3.63) is 11.7 Å². The monoisotopic (exact) mass is 246 g/mol. The summed E-state index contributed by atoms with van der Waals surface area (Å²) < 4.78 is 26.7. The molecule has 2 rings (SSSR count). The molecule has 1 fully saturated rings. The van der Waals surface area contributed by atoms with Gasteiger partial charge in [-0.1, -0.05) is 5.16 Å². The summed E-state index contributed by atoms with van der Waals surface area (Å²) in [5.74, 6) is -1.08. The second-order valence-electron chi connectivity index (χ2n) is 3.85. The van der Waals surface area contributed by atoms with Crippen molar-refractivity contribution < 1.29 is 22.8 Å². The molecule has 1 aliphatic rings. The minimum atomic E-state index is -3.30. The Labute approximate surface area is 91.4 Å². The van der Waals surface area contributed by atoms with Gasteiger partial charge >= 0.3 is 5.97 Å². The van der Waals surface area contributed by atoms with E-state index in [0.717, 1.165) is 6.26 Å². The number of carboxylic acids is 1. The van der Waals surface area contributed by atoms with E-state index in [1.807, 2.05) is 0 Å². The first-order valence-electron chi connectivity index (χ1n) is 4.60. The number of hydrogen-bond acceptors (Lipinski definition) is 6. The molecular formula is C8H10N2O5S. The van der Waals surface area contributed by atoms with Crippen molar-refractivity contribution in [2.45, 2.75) is 24.0 Å². The fourth-order valence-corrected chi connectivity index (χ4v) is 2.75. The van der Waals surface area contributed by atoms with Gasteiger partial charge in [-0.2, -0.15) is 4.98 Å². The summed E-state index contributed by atoms with van der Waals surface area (Å²) in [5, 5.41) is 12.0. The van der Waals surface area contributed by atoms with Gasteiger partial charge in [0.05, 0.1) is 0 Å². The van der Waals surface area contributed by atoms with Crippen LogP contribution in [0.2, 0.25) is 0 Å². The first kappa shape index (κ1) is 11.1. The molecular weight excluding hydrogens is 236 g/mol. The van der Waals surface area contributed by atoms with Gasteiger partial charge in [0, 0.05) is 6.26 Å². The second-order valence-corrected chi connectivity index (χ2v) is 6.18. The molecule has 1 aromatic heterocycles. The number of carboxylic acid groups (broad SMARTS) is 1. The lowest BCUT2D eigenvalue weighted by atomic mass is 10.4. The van der Waals surface area contributed by atoms with Crippen LogP contribution < -0.4 is 0 Å². The highest BCUT2D eigenvalue weighted by Gasteiger charge is 2.58. The van der Waals surface area contributed by atoms with Gasteiger partial charge < -0.3 is 9.63 Å². The third kappa shape index (κ3) is 1.69. The summed E-state index contributed by atoms with van der Waals surface area (Å²) in [5.41, 5.74) is 0. The van der Waals surface area contributed by atoms with E-state index in [-0.39, 0.29) is 18.1 Å². The average molecular weight is 246 g/mol. The molecule has 0 saturated heterocycles. The number of rotatable bonds is 4. The number of sulfone groups is 1. The summed E-state index contributed by atoms with van der Waals surface area (Å²) in [4.78, 5) is 14.2. The SMILES string of the molecule is CS(=O)(=O)C1(c2nc(CC(=O)O)no2)CC1. The second kappa shape index (κ2) is 3.27. The highest BCUT2D eigenvalue weighted by molar-refractivity contribution is 7.91. The van der Waals surface area contributed by atoms with E-state index < -0.39 is 20.6 Å². The summed E-state index contributed by atoms with van der Waals surface area (Å²) in [6, 6.07) is 0. The van der Waals surface area contributed by atoms with E-state index in [0.29, 0.717) is 12.8 Å². The van der Waals surface area contributed by atoms with E-state index in [1.54, 1.807) is 0 Å². The Morgan fingerprint density at radius 3 is 2.62 bits per heavy atom. The fraction of sp³-hybridized carbons (Fsp3) is 0.625. The lowest BCUT2D eigenvalue weighted by Gasteiger charge is -2.05. The minimum absolute atomic E-state index is 0.00238. The van der Waals surface area contributed by atoms with Crippen LogP contribution in [0.5, 0.6) is 0 Å². The van der Waals surface area contributed by atoms with Crippen LogP contribution in [0.3, 0.4) is 0 Å². The molecule has 88 valence electrons. The highest BCUT2D eigenvalue weighted by atomic mass is 32.2. The third-order valence-corrected chi connectivity index (χ3v) is 4.58. The maximum Gasteiger partial charge on any atom is 0.311 e. The van der Waals surface area contributed by atoms with E-state index in [2.05, 4.69) is 10.1 Å². The topological polar surface area (TPSA) is 110 Å². The van der Waals surface area contributed by atoms with E-state index in [1.165, 1.54) is 0 Å². The lowest BCUT2D eigenvalue weighted by Crippen LogP contribution is -2.19. The van der Waals surface area contributed by atoms with Crippen molar-refractivity contribution in [3.63, 3.8) is 0 Å². The van der Waals surface area contributed by atoms with E-state index >= 15 is 0 Å². The molecule has 1 aromatic rings. The molecule has 1 saturated carbocycles. The minimum Gasteiger partial charge on any atom is -0.481 e. The maximum absolute atomic E-state index is 11.5. The molecule has 1 heterocycles. The van der Waals surface area contributed by atoms with Crippen LogP contribution in [-0.2, 0) is 25.8 Å². The van der Waals surface area contributed by atoms with Gasteiger partial charge in [0.25, 0.3) is 0 Å². The molecule has 0 atom stereocenters. The van der Waals surface area contributed by atoms with Gasteiger partial charge in [-0.25, -0.2) is 8.42 Å². The average Bonchev–Trinajstić information content (AvgIpc) is 2.82. The molecule has 0 radical (unpaired) electrons.